The fraction of sp³-hybridized carbons (Fsp3) is 0.111. The summed E-state index contributed by atoms with van der Waals surface area (Å²) in [5.74, 6) is -2.96. The zero-order valence-corrected chi connectivity index (χ0v) is 14.1. The Labute approximate surface area is 151 Å². The Morgan fingerprint density at radius 3 is 2.50 bits per heavy atom. The number of halogens is 3. The summed E-state index contributed by atoms with van der Waals surface area (Å²) in [6.07, 6.45) is 0. The lowest BCUT2D eigenvalue weighted by molar-refractivity contribution is 0.101. The zero-order valence-electron chi connectivity index (χ0n) is 13.3. The third-order valence-corrected chi connectivity index (χ3v) is 4.66. The van der Waals surface area contributed by atoms with Crippen LogP contribution in [0.2, 0.25) is 0 Å². The van der Waals surface area contributed by atoms with Gasteiger partial charge in [0.2, 0.25) is 0 Å². The van der Waals surface area contributed by atoms with Crippen molar-refractivity contribution in [3.05, 3.63) is 70.9 Å². The maximum atomic E-state index is 13.7. The summed E-state index contributed by atoms with van der Waals surface area (Å²) in [5.41, 5.74) is 0.641. The van der Waals surface area contributed by atoms with Gasteiger partial charge in [0, 0.05) is 0 Å². The number of carbonyl (C=O) groups excluding carboxylic acids is 1. The van der Waals surface area contributed by atoms with Crippen LogP contribution in [0.5, 0.6) is 0 Å². The van der Waals surface area contributed by atoms with Crippen molar-refractivity contribution in [2.45, 2.75) is 13.3 Å². The van der Waals surface area contributed by atoms with Crippen LogP contribution >= 0.6 is 11.3 Å². The second-order valence-corrected chi connectivity index (χ2v) is 6.34. The van der Waals surface area contributed by atoms with Gasteiger partial charge in [-0.15, -0.1) is 0 Å². The number of rotatable bonds is 5. The fourth-order valence-corrected chi connectivity index (χ4v) is 3.37. The molecule has 3 rings (SSSR count). The number of hydrogen-bond acceptors (Lipinski definition) is 4. The molecule has 0 unspecified atom stereocenters. The maximum Gasteiger partial charge on any atom is 0.263 e. The van der Waals surface area contributed by atoms with Gasteiger partial charge in [-0.3, -0.25) is 10.1 Å². The average Bonchev–Trinajstić information content (AvgIpc) is 3.04. The van der Waals surface area contributed by atoms with Crippen LogP contribution < -0.4 is 5.32 Å². The molecular formula is C18H13F3N2O2S. The van der Waals surface area contributed by atoms with Gasteiger partial charge < -0.3 is 5.11 Å². The lowest BCUT2D eigenvalue weighted by Gasteiger charge is -2.04. The molecule has 0 fully saturated rings. The number of aromatic nitrogens is 1. The Morgan fingerprint density at radius 1 is 1.15 bits per heavy atom. The number of amides is 1. The first kappa shape index (κ1) is 18.1. The van der Waals surface area contributed by atoms with Gasteiger partial charge >= 0.3 is 0 Å². The Hall–Kier alpha value is -2.71. The molecule has 0 aliphatic rings. The summed E-state index contributed by atoms with van der Waals surface area (Å²) in [6, 6.07) is 9.72. The van der Waals surface area contributed by atoms with E-state index in [9.17, 15) is 23.1 Å². The van der Waals surface area contributed by atoms with Crippen LogP contribution in [0.1, 0.15) is 21.6 Å². The summed E-state index contributed by atoms with van der Waals surface area (Å²) in [6.45, 7) is -1.05. The highest BCUT2D eigenvalue weighted by Gasteiger charge is 2.20. The Kier molecular flexibility index (Phi) is 5.34. The number of nitrogens with one attached hydrogen (secondary N) is 1. The minimum Gasteiger partial charge on any atom is -0.390 e. The highest BCUT2D eigenvalue weighted by molar-refractivity contribution is 7.19. The molecule has 0 aliphatic carbocycles. The number of aliphatic hydroxyl groups is 1. The summed E-state index contributed by atoms with van der Waals surface area (Å²) in [7, 11) is 0. The summed E-state index contributed by atoms with van der Waals surface area (Å²) < 4.78 is 40.3. The van der Waals surface area contributed by atoms with Gasteiger partial charge in [0.15, 0.2) is 5.13 Å². The zero-order chi connectivity index (χ0) is 18.7. The topological polar surface area (TPSA) is 62.2 Å². The van der Waals surface area contributed by atoms with Crippen molar-refractivity contribution < 1.29 is 23.1 Å². The van der Waals surface area contributed by atoms with E-state index in [0.29, 0.717) is 16.0 Å². The number of aliphatic hydroxyl groups excluding tert-OH is 1. The quantitative estimate of drug-likeness (QED) is 0.696. The monoisotopic (exact) mass is 378 g/mol. The van der Waals surface area contributed by atoms with E-state index < -0.39 is 36.4 Å². The molecule has 2 aromatic carbocycles. The number of carbonyl (C=O) groups is 1. The molecule has 0 saturated carbocycles. The first-order chi connectivity index (χ1) is 12.5. The van der Waals surface area contributed by atoms with Gasteiger partial charge in [-0.2, -0.15) is 0 Å². The van der Waals surface area contributed by atoms with Gasteiger partial charge in [-0.1, -0.05) is 35.6 Å². The number of thiazole rings is 1. The maximum absolute atomic E-state index is 13.7. The number of alkyl halides is 1. The lowest BCUT2D eigenvalue weighted by atomic mass is 10.1. The Morgan fingerprint density at radius 2 is 1.85 bits per heavy atom. The smallest absolute Gasteiger partial charge is 0.263 e. The normalized spacial score (nSPS) is 10.8. The summed E-state index contributed by atoms with van der Waals surface area (Å²) >= 11 is 1.02. The van der Waals surface area contributed by atoms with Gasteiger partial charge in [0.05, 0.1) is 17.2 Å². The number of anilines is 1. The van der Waals surface area contributed by atoms with E-state index in [1.165, 1.54) is 0 Å². The molecule has 1 amide bonds. The van der Waals surface area contributed by atoms with Crippen molar-refractivity contribution in [3.63, 3.8) is 0 Å². The Bertz CT molecular complexity index is 939. The Balaban J connectivity index is 1.92. The van der Waals surface area contributed by atoms with Crippen molar-refractivity contribution in [2.75, 3.05) is 5.32 Å². The minimum absolute atomic E-state index is 0.0716. The van der Waals surface area contributed by atoms with Crippen molar-refractivity contribution >= 4 is 22.4 Å². The molecule has 1 heterocycles. The minimum atomic E-state index is -0.989. The number of hydrogen-bond donors (Lipinski definition) is 2. The van der Waals surface area contributed by atoms with Crippen LogP contribution in [0.4, 0.5) is 18.3 Å². The fourth-order valence-electron chi connectivity index (χ4n) is 2.41. The molecule has 0 aliphatic heterocycles. The highest BCUT2D eigenvalue weighted by atomic mass is 32.1. The van der Waals surface area contributed by atoms with Gasteiger partial charge in [-0.05, 0) is 29.3 Å². The molecule has 0 bridgehead atoms. The van der Waals surface area contributed by atoms with E-state index in [-0.39, 0.29) is 10.8 Å². The van der Waals surface area contributed by atoms with Crippen molar-refractivity contribution in [1.29, 1.82) is 0 Å². The van der Waals surface area contributed by atoms with Crippen LogP contribution in [0, 0.1) is 11.6 Å². The van der Waals surface area contributed by atoms with Crippen LogP contribution in [-0.2, 0) is 13.3 Å². The molecule has 0 spiro atoms. The predicted molar refractivity (Wildman–Crippen MR) is 92.6 cm³/mol. The first-order valence-corrected chi connectivity index (χ1v) is 8.36. The van der Waals surface area contributed by atoms with E-state index in [1.807, 2.05) is 0 Å². The van der Waals surface area contributed by atoms with E-state index >= 15 is 0 Å². The standard InChI is InChI=1S/C18H13F3N2O2S/c19-8-10-3-1-4-11(7-10)16-14(9-24)22-18(26-16)23-17(25)15-12(20)5-2-6-13(15)21/h1-7,24H,8-9H2,(H,22,23,25). The van der Waals surface area contributed by atoms with E-state index in [1.54, 1.807) is 24.3 Å². The van der Waals surface area contributed by atoms with Crippen molar-refractivity contribution in [1.82, 2.24) is 4.98 Å². The van der Waals surface area contributed by atoms with Crippen molar-refractivity contribution in [3.8, 4) is 10.4 Å². The molecule has 134 valence electrons. The molecule has 0 saturated heterocycles. The lowest BCUT2D eigenvalue weighted by Crippen LogP contribution is -2.15. The number of nitrogens with zero attached hydrogens (tertiary/aromatic N) is 1. The molecule has 1 aromatic heterocycles. The molecule has 0 atom stereocenters. The highest BCUT2D eigenvalue weighted by Crippen LogP contribution is 2.34. The first-order valence-electron chi connectivity index (χ1n) is 7.54. The molecule has 2 N–H and O–H groups in total. The third kappa shape index (κ3) is 3.61. The van der Waals surface area contributed by atoms with Gasteiger partial charge in [0.1, 0.15) is 23.9 Å². The third-order valence-electron chi connectivity index (χ3n) is 3.60. The molecule has 3 aromatic rings. The van der Waals surface area contributed by atoms with E-state index in [0.717, 1.165) is 29.5 Å². The molecule has 0 radical (unpaired) electrons. The van der Waals surface area contributed by atoms with Crippen LogP contribution in [-0.4, -0.2) is 16.0 Å². The summed E-state index contributed by atoms with van der Waals surface area (Å²) in [5, 5.41) is 11.9. The van der Waals surface area contributed by atoms with Crippen molar-refractivity contribution in [2.24, 2.45) is 0 Å². The second-order valence-electron chi connectivity index (χ2n) is 5.34. The van der Waals surface area contributed by atoms with E-state index in [2.05, 4.69) is 10.3 Å². The van der Waals surface area contributed by atoms with Crippen LogP contribution in [0.3, 0.4) is 0 Å². The SMILES string of the molecule is O=C(Nc1nc(CO)c(-c2cccc(CF)c2)s1)c1c(F)cccc1F. The van der Waals surface area contributed by atoms with Crippen LogP contribution in [0.15, 0.2) is 42.5 Å². The largest absolute Gasteiger partial charge is 0.390 e. The van der Waals surface area contributed by atoms with Gasteiger partial charge in [-0.25, -0.2) is 18.2 Å². The van der Waals surface area contributed by atoms with Gasteiger partial charge in [0.25, 0.3) is 5.91 Å². The molecular weight excluding hydrogens is 365 g/mol. The van der Waals surface area contributed by atoms with Crippen LogP contribution in [0.25, 0.3) is 10.4 Å². The average molecular weight is 378 g/mol. The summed E-state index contributed by atoms with van der Waals surface area (Å²) in [4.78, 5) is 16.8. The number of benzene rings is 2. The molecule has 8 heteroatoms. The molecule has 4 nitrogen and oxygen atoms in total. The second kappa shape index (κ2) is 7.67. The predicted octanol–water partition coefficient (Wildman–Crippen LogP) is 4.30. The molecule has 26 heavy (non-hydrogen) atoms. The van der Waals surface area contributed by atoms with E-state index in [4.69, 9.17) is 0 Å².